The maximum absolute atomic E-state index is 12.3. The second kappa shape index (κ2) is 7.80. The van der Waals surface area contributed by atoms with Crippen molar-refractivity contribution in [1.82, 2.24) is 15.3 Å². The topological polar surface area (TPSA) is 76.6 Å². The van der Waals surface area contributed by atoms with Gasteiger partial charge in [-0.2, -0.15) is 0 Å². The van der Waals surface area contributed by atoms with Gasteiger partial charge in [0.2, 0.25) is 5.95 Å². The summed E-state index contributed by atoms with van der Waals surface area (Å²) in [6, 6.07) is 7.41. The molecule has 1 amide bonds. The maximum Gasteiger partial charge on any atom is 0.254 e. The molecule has 2 fully saturated rings. The van der Waals surface area contributed by atoms with Crippen molar-refractivity contribution >= 4 is 23.5 Å². The number of aromatic nitrogens is 2. The predicted octanol–water partition coefficient (Wildman–Crippen LogP) is 2.40. The van der Waals surface area contributed by atoms with Crippen LogP contribution < -0.4 is 10.2 Å². The van der Waals surface area contributed by atoms with Crippen LogP contribution in [-0.2, 0) is 16.0 Å². The number of hydrogen-bond acceptors (Lipinski definition) is 6. The average molecular weight is 389 g/mol. The highest BCUT2D eigenvalue weighted by Gasteiger charge is 2.40. The van der Waals surface area contributed by atoms with E-state index in [9.17, 15) is 4.79 Å². The SMILES string of the molecule is O=C(NCc1ccccc1Cl)c1cnc(N2CCC3(CC2)OCCO3)nc1. The number of nitrogens with zero attached hydrogens (tertiary/aromatic N) is 3. The van der Waals surface area contributed by atoms with Gasteiger partial charge in [0.05, 0.1) is 18.8 Å². The number of halogens is 1. The number of carbonyl (C=O) groups is 1. The second-order valence-corrected chi connectivity index (χ2v) is 7.05. The highest BCUT2D eigenvalue weighted by Crippen LogP contribution is 2.32. The fraction of sp³-hybridized carbons (Fsp3) is 0.421. The molecule has 0 saturated carbocycles. The van der Waals surface area contributed by atoms with Crippen LogP contribution in [0.4, 0.5) is 5.95 Å². The molecular weight excluding hydrogens is 368 g/mol. The average Bonchev–Trinajstić information content (AvgIpc) is 3.16. The summed E-state index contributed by atoms with van der Waals surface area (Å²) >= 11 is 6.11. The van der Waals surface area contributed by atoms with Crippen molar-refractivity contribution in [3.8, 4) is 0 Å². The van der Waals surface area contributed by atoms with Gasteiger partial charge in [-0.25, -0.2) is 9.97 Å². The molecule has 0 unspecified atom stereocenters. The fourth-order valence-corrected chi connectivity index (χ4v) is 3.56. The maximum atomic E-state index is 12.3. The first-order valence-electron chi connectivity index (χ1n) is 9.02. The van der Waals surface area contributed by atoms with Crippen LogP contribution >= 0.6 is 11.6 Å². The smallest absolute Gasteiger partial charge is 0.254 e. The van der Waals surface area contributed by atoms with Gasteiger partial charge in [0, 0.05) is 49.9 Å². The Bertz CT molecular complexity index is 799. The van der Waals surface area contributed by atoms with Crippen molar-refractivity contribution in [2.24, 2.45) is 0 Å². The highest BCUT2D eigenvalue weighted by molar-refractivity contribution is 6.31. The van der Waals surface area contributed by atoms with Crippen LogP contribution in [0.3, 0.4) is 0 Å². The molecule has 0 aliphatic carbocycles. The van der Waals surface area contributed by atoms with Crippen molar-refractivity contribution in [2.75, 3.05) is 31.2 Å². The normalized spacial score (nSPS) is 18.6. The Hall–Kier alpha value is -2.22. The minimum atomic E-state index is -0.422. The van der Waals surface area contributed by atoms with E-state index in [-0.39, 0.29) is 5.91 Å². The van der Waals surface area contributed by atoms with Crippen LogP contribution in [0.25, 0.3) is 0 Å². The van der Waals surface area contributed by atoms with Crippen LogP contribution in [0.15, 0.2) is 36.7 Å². The summed E-state index contributed by atoms with van der Waals surface area (Å²) in [5, 5.41) is 3.47. The monoisotopic (exact) mass is 388 g/mol. The standard InChI is InChI=1S/C19H21ClN4O3/c20-16-4-2-1-3-14(16)11-21-17(25)15-12-22-18(23-13-15)24-7-5-19(6-8-24)26-9-10-27-19/h1-4,12-13H,5-11H2,(H,21,25). The molecule has 0 radical (unpaired) electrons. The molecule has 7 nitrogen and oxygen atoms in total. The van der Waals surface area contributed by atoms with Gasteiger partial charge in [-0.3, -0.25) is 4.79 Å². The van der Waals surface area contributed by atoms with E-state index >= 15 is 0 Å². The molecule has 142 valence electrons. The summed E-state index contributed by atoms with van der Waals surface area (Å²) in [6.07, 6.45) is 4.68. The molecule has 2 aliphatic heterocycles. The molecule has 2 aromatic rings. The summed E-state index contributed by atoms with van der Waals surface area (Å²) < 4.78 is 11.5. The molecule has 8 heteroatoms. The third-order valence-corrected chi connectivity index (χ3v) is 5.29. The molecule has 4 rings (SSSR count). The predicted molar refractivity (Wildman–Crippen MR) is 101 cm³/mol. The zero-order valence-corrected chi connectivity index (χ0v) is 15.6. The van der Waals surface area contributed by atoms with Gasteiger partial charge in [0.25, 0.3) is 5.91 Å². The summed E-state index contributed by atoms with van der Waals surface area (Å²) in [5.41, 5.74) is 1.28. The minimum absolute atomic E-state index is 0.230. The van der Waals surface area contributed by atoms with E-state index in [0.717, 1.165) is 31.5 Å². The molecule has 27 heavy (non-hydrogen) atoms. The minimum Gasteiger partial charge on any atom is -0.348 e. The van der Waals surface area contributed by atoms with Gasteiger partial charge in [-0.05, 0) is 11.6 Å². The number of carbonyl (C=O) groups excluding carboxylic acids is 1. The number of rotatable bonds is 4. The van der Waals surface area contributed by atoms with Crippen LogP contribution in [0, 0.1) is 0 Å². The lowest BCUT2D eigenvalue weighted by Crippen LogP contribution is -2.45. The summed E-state index contributed by atoms with van der Waals surface area (Å²) in [4.78, 5) is 23.1. The van der Waals surface area contributed by atoms with E-state index in [1.165, 1.54) is 0 Å². The van der Waals surface area contributed by atoms with Crippen molar-refractivity contribution in [2.45, 2.75) is 25.2 Å². The van der Waals surface area contributed by atoms with Crippen molar-refractivity contribution < 1.29 is 14.3 Å². The summed E-state index contributed by atoms with van der Waals surface area (Å²) in [5.74, 6) is -0.0352. The number of anilines is 1. The Morgan fingerprint density at radius 1 is 1.15 bits per heavy atom. The molecule has 1 spiro atoms. The molecule has 0 atom stereocenters. The number of amides is 1. The summed E-state index contributed by atoms with van der Waals surface area (Å²) in [6.45, 7) is 3.20. The lowest BCUT2D eigenvalue weighted by Gasteiger charge is -2.37. The van der Waals surface area contributed by atoms with E-state index in [0.29, 0.717) is 36.3 Å². The lowest BCUT2D eigenvalue weighted by molar-refractivity contribution is -0.169. The highest BCUT2D eigenvalue weighted by atomic mass is 35.5. The Labute approximate surface area is 162 Å². The number of piperidine rings is 1. The van der Waals surface area contributed by atoms with Gasteiger partial charge in [-0.15, -0.1) is 0 Å². The first-order chi connectivity index (χ1) is 13.2. The van der Waals surface area contributed by atoms with Gasteiger partial charge in [0.15, 0.2) is 5.79 Å². The van der Waals surface area contributed by atoms with E-state index in [2.05, 4.69) is 20.2 Å². The molecule has 1 aromatic heterocycles. The van der Waals surface area contributed by atoms with Crippen LogP contribution in [0.2, 0.25) is 5.02 Å². The third kappa shape index (κ3) is 4.05. The van der Waals surface area contributed by atoms with Gasteiger partial charge in [-0.1, -0.05) is 29.8 Å². The quantitative estimate of drug-likeness (QED) is 0.866. The molecule has 1 N–H and O–H groups in total. The number of hydrogen-bond donors (Lipinski definition) is 1. The van der Waals surface area contributed by atoms with Gasteiger partial charge in [0.1, 0.15) is 0 Å². The second-order valence-electron chi connectivity index (χ2n) is 6.64. The summed E-state index contributed by atoms with van der Waals surface area (Å²) in [7, 11) is 0. The van der Waals surface area contributed by atoms with Gasteiger partial charge >= 0.3 is 0 Å². The lowest BCUT2D eigenvalue weighted by atomic mass is 10.0. The Kier molecular flexibility index (Phi) is 5.24. The van der Waals surface area contributed by atoms with Crippen LogP contribution in [0.1, 0.15) is 28.8 Å². The van der Waals surface area contributed by atoms with E-state index < -0.39 is 5.79 Å². The van der Waals surface area contributed by atoms with Crippen molar-refractivity contribution in [3.63, 3.8) is 0 Å². The molecule has 0 bridgehead atoms. The van der Waals surface area contributed by atoms with Crippen LogP contribution in [0.5, 0.6) is 0 Å². The Morgan fingerprint density at radius 3 is 2.48 bits per heavy atom. The first-order valence-corrected chi connectivity index (χ1v) is 9.40. The zero-order valence-electron chi connectivity index (χ0n) is 14.9. The molecular formula is C19H21ClN4O3. The number of benzene rings is 1. The van der Waals surface area contributed by atoms with Crippen molar-refractivity contribution in [3.05, 3.63) is 52.8 Å². The zero-order chi connectivity index (χ0) is 18.7. The third-order valence-electron chi connectivity index (χ3n) is 4.92. The van der Waals surface area contributed by atoms with E-state index in [4.69, 9.17) is 21.1 Å². The first kappa shape index (κ1) is 18.2. The molecule has 1 aromatic carbocycles. The van der Waals surface area contributed by atoms with Crippen LogP contribution in [-0.4, -0.2) is 48.0 Å². The van der Waals surface area contributed by atoms with E-state index in [1.54, 1.807) is 18.5 Å². The fourth-order valence-electron chi connectivity index (χ4n) is 3.35. The van der Waals surface area contributed by atoms with Crippen molar-refractivity contribution in [1.29, 1.82) is 0 Å². The number of nitrogens with one attached hydrogen (secondary N) is 1. The van der Waals surface area contributed by atoms with Gasteiger partial charge < -0.3 is 19.7 Å². The number of ether oxygens (including phenoxy) is 2. The molecule has 3 heterocycles. The van der Waals surface area contributed by atoms with E-state index in [1.807, 2.05) is 18.2 Å². The largest absolute Gasteiger partial charge is 0.348 e. The molecule has 2 aliphatic rings. The Morgan fingerprint density at radius 2 is 1.81 bits per heavy atom. The molecule has 2 saturated heterocycles. The Balaban J connectivity index is 1.33.